The van der Waals surface area contributed by atoms with E-state index >= 15 is 0 Å². The van der Waals surface area contributed by atoms with Gasteiger partial charge < -0.3 is 24.4 Å². The highest BCUT2D eigenvalue weighted by Gasteiger charge is 2.36. The molecule has 0 spiro atoms. The van der Waals surface area contributed by atoms with Crippen molar-refractivity contribution in [1.82, 2.24) is 10.2 Å². The standard InChI is InChI=1S/C40H47N3O7S/c1-5-50-34-21-19-33(20-22-34)43(51(46,47)35-23-24-37(48-3)38(26-35)49-4)28-39(44)42(27-31-16-10-9-13-29(31)2)36(25-30-14-7-6-8-15-30)40(45)41-32-17-11-12-18-32/h6-10,13-16,19-24,26,32,36H,5,11-12,17-18,25,27-28H2,1-4H3,(H,41,45)/t36-/m0/s1. The molecule has 270 valence electrons. The maximum absolute atomic E-state index is 14.9. The van der Waals surface area contributed by atoms with Gasteiger partial charge in [0.15, 0.2) is 11.5 Å². The highest BCUT2D eigenvalue weighted by atomic mass is 32.2. The van der Waals surface area contributed by atoms with Crippen LogP contribution in [-0.4, -0.2) is 64.6 Å². The fraction of sp³-hybridized carbons (Fsp3) is 0.350. The first-order chi connectivity index (χ1) is 24.6. The molecular formula is C40H47N3O7S. The third kappa shape index (κ3) is 9.21. The van der Waals surface area contributed by atoms with Crippen molar-refractivity contribution in [3.05, 3.63) is 114 Å². The number of nitrogens with one attached hydrogen (secondary N) is 1. The van der Waals surface area contributed by atoms with Gasteiger partial charge in [0, 0.05) is 25.1 Å². The molecule has 51 heavy (non-hydrogen) atoms. The van der Waals surface area contributed by atoms with Crippen LogP contribution in [0, 0.1) is 6.92 Å². The Morgan fingerprint density at radius 3 is 2.18 bits per heavy atom. The Labute approximate surface area is 301 Å². The van der Waals surface area contributed by atoms with Gasteiger partial charge in [-0.05, 0) is 79.8 Å². The van der Waals surface area contributed by atoms with Crippen molar-refractivity contribution < 1.29 is 32.2 Å². The van der Waals surface area contributed by atoms with E-state index in [1.807, 2.05) is 68.4 Å². The monoisotopic (exact) mass is 713 g/mol. The van der Waals surface area contributed by atoms with Crippen LogP contribution < -0.4 is 23.8 Å². The van der Waals surface area contributed by atoms with E-state index in [1.54, 1.807) is 24.3 Å². The van der Waals surface area contributed by atoms with Crippen LogP contribution in [0.25, 0.3) is 0 Å². The van der Waals surface area contributed by atoms with Gasteiger partial charge in [0.2, 0.25) is 11.8 Å². The molecule has 0 bridgehead atoms. The summed E-state index contributed by atoms with van der Waals surface area (Å²) < 4.78 is 46.6. The molecule has 0 heterocycles. The minimum absolute atomic E-state index is 0.0250. The largest absolute Gasteiger partial charge is 0.494 e. The SMILES string of the molecule is CCOc1ccc(N(CC(=O)N(Cc2ccccc2C)[C@@H](Cc2ccccc2)C(=O)NC2CCCC2)S(=O)(=O)c2ccc(OC)c(OC)c2)cc1. The van der Waals surface area contributed by atoms with E-state index in [1.165, 1.54) is 37.3 Å². The molecule has 1 aliphatic carbocycles. The summed E-state index contributed by atoms with van der Waals surface area (Å²) in [4.78, 5) is 30.6. The fourth-order valence-corrected chi connectivity index (χ4v) is 7.83. The predicted octanol–water partition coefficient (Wildman–Crippen LogP) is 6.31. The second-order valence-electron chi connectivity index (χ2n) is 12.6. The summed E-state index contributed by atoms with van der Waals surface area (Å²) in [6.07, 6.45) is 4.08. The van der Waals surface area contributed by atoms with Crippen molar-refractivity contribution >= 4 is 27.5 Å². The Kier molecular flexibility index (Phi) is 12.6. The number of rotatable bonds is 16. The molecular weight excluding hydrogens is 667 g/mol. The number of amides is 2. The van der Waals surface area contributed by atoms with E-state index in [4.69, 9.17) is 14.2 Å². The van der Waals surface area contributed by atoms with E-state index in [2.05, 4.69) is 5.32 Å². The third-order valence-electron chi connectivity index (χ3n) is 9.23. The second-order valence-corrected chi connectivity index (χ2v) is 14.5. The molecule has 4 aromatic carbocycles. The molecule has 2 amide bonds. The molecule has 0 unspecified atom stereocenters. The molecule has 0 saturated heterocycles. The van der Waals surface area contributed by atoms with E-state index in [0.717, 1.165) is 46.7 Å². The highest BCUT2D eigenvalue weighted by molar-refractivity contribution is 7.92. The van der Waals surface area contributed by atoms with Crippen LogP contribution >= 0.6 is 0 Å². The molecule has 10 nitrogen and oxygen atoms in total. The molecule has 5 rings (SSSR count). The first kappa shape index (κ1) is 37.2. The molecule has 0 aliphatic heterocycles. The quantitative estimate of drug-likeness (QED) is 0.145. The van der Waals surface area contributed by atoms with Crippen molar-refractivity contribution in [1.29, 1.82) is 0 Å². The number of carbonyl (C=O) groups is 2. The highest BCUT2D eigenvalue weighted by Crippen LogP contribution is 2.33. The van der Waals surface area contributed by atoms with Gasteiger partial charge in [-0.15, -0.1) is 0 Å². The maximum atomic E-state index is 14.9. The van der Waals surface area contributed by atoms with Crippen LogP contribution in [0.3, 0.4) is 0 Å². The van der Waals surface area contributed by atoms with Gasteiger partial charge >= 0.3 is 0 Å². The zero-order valence-electron chi connectivity index (χ0n) is 29.7. The Balaban J connectivity index is 1.59. The van der Waals surface area contributed by atoms with E-state index in [9.17, 15) is 18.0 Å². The molecule has 0 radical (unpaired) electrons. The second kappa shape index (κ2) is 17.3. The van der Waals surface area contributed by atoms with E-state index in [-0.39, 0.29) is 41.2 Å². The van der Waals surface area contributed by atoms with Crippen molar-refractivity contribution in [2.75, 3.05) is 31.7 Å². The first-order valence-electron chi connectivity index (χ1n) is 17.3. The van der Waals surface area contributed by atoms with E-state index in [0.29, 0.717) is 18.1 Å². The van der Waals surface area contributed by atoms with Gasteiger partial charge in [-0.2, -0.15) is 0 Å². The Bertz CT molecular complexity index is 1880. The summed E-state index contributed by atoms with van der Waals surface area (Å²) in [6.45, 7) is 3.78. The average molecular weight is 714 g/mol. The topological polar surface area (TPSA) is 114 Å². The molecule has 0 aromatic heterocycles. The Morgan fingerprint density at radius 2 is 1.53 bits per heavy atom. The van der Waals surface area contributed by atoms with Crippen LogP contribution in [0.1, 0.15) is 49.3 Å². The molecule has 1 aliphatic rings. The molecule has 1 atom stereocenters. The number of ether oxygens (including phenoxy) is 3. The predicted molar refractivity (Wildman–Crippen MR) is 198 cm³/mol. The number of benzene rings is 4. The summed E-state index contributed by atoms with van der Waals surface area (Å²) in [7, 11) is -1.47. The summed E-state index contributed by atoms with van der Waals surface area (Å²) in [5.74, 6) is 0.358. The molecule has 1 fully saturated rings. The van der Waals surface area contributed by atoms with Gasteiger partial charge in [-0.1, -0.05) is 67.4 Å². The van der Waals surface area contributed by atoms with Crippen molar-refractivity contribution in [2.24, 2.45) is 0 Å². The zero-order valence-corrected chi connectivity index (χ0v) is 30.5. The number of hydrogen-bond acceptors (Lipinski definition) is 7. The lowest BCUT2D eigenvalue weighted by atomic mass is 10.0. The van der Waals surface area contributed by atoms with Crippen molar-refractivity contribution in [2.45, 2.75) is 69.5 Å². The van der Waals surface area contributed by atoms with Crippen LogP contribution in [0.15, 0.2) is 102 Å². The number of aryl methyl sites for hydroxylation is 1. The average Bonchev–Trinajstić information content (AvgIpc) is 3.66. The number of anilines is 1. The Hall–Kier alpha value is -5.03. The Morgan fingerprint density at radius 1 is 0.863 bits per heavy atom. The fourth-order valence-electron chi connectivity index (χ4n) is 6.40. The minimum atomic E-state index is -4.36. The number of carbonyl (C=O) groups excluding carboxylic acids is 2. The summed E-state index contributed by atoms with van der Waals surface area (Å²) in [5, 5.41) is 3.21. The number of methoxy groups -OCH3 is 2. The van der Waals surface area contributed by atoms with Gasteiger partial charge in [0.05, 0.1) is 31.4 Å². The molecule has 1 N–H and O–H groups in total. The van der Waals surface area contributed by atoms with Crippen molar-refractivity contribution in [3.8, 4) is 17.2 Å². The molecule has 11 heteroatoms. The lowest BCUT2D eigenvalue weighted by Crippen LogP contribution is -2.54. The maximum Gasteiger partial charge on any atom is 0.264 e. The summed E-state index contributed by atoms with van der Waals surface area (Å²) in [5.41, 5.74) is 2.94. The lowest BCUT2D eigenvalue weighted by Gasteiger charge is -2.34. The van der Waals surface area contributed by atoms with Gasteiger partial charge in [0.1, 0.15) is 18.3 Å². The summed E-state index contributed by atoms with van der Waals surface area (Å²) in [6, 6.07) is 27.2. The number of hydrogen-bond donors (Lipinski definition) is 1. The molecule has 4 aromatic rings. The number of sulfonamides is 1. The van der Waals surface area contributed by atoms with Gasteiger partial charge in [0.25, 0.3) is 10.0 Å². The van der Waals surface area contributed by atoms with Crippen molar-refractivity contribution in [3.63, 3.8) is 0 Å². The number of nitrogens with zero attached hydrogens (tertiary/aromatic N) is 2. The summed E-state index contributed by atoms with van der Waals surface area (Å²) >= 11 is 0. The van der Waals surface area contributed by atoms with Crippen LogP contribution in [-0.2, 0) is 32.6 Å². The van der Waals surface area contributed by atoms with Crippen LogP contribution in [0.2, 0.25) is 0 Å². The van der Waals surface area contributed by atoms with Gasteiger partial charge in [-0.3, -0.25) is 13.9 Å². The van der Waals surface area contributed by atoms with Crippen LogP contribution in [0.4, 0.5) is 5.69 Å². The van der Waals surface area contributed by atoms with Gasteiger partial charge in [-0.25, -0.2) is 8.42 Å². The minimum Gasteiger partial charge on any atom is -0.494 e. The van der Waals surface area contributed by atoms with Crippen LogP contribution in [0.5, 0.6) is 17.2 Å². The zero-order chi connectivity index (χ0) is 36.4. The molecule has 1 saturated carbocycles. The first-order valence-corrected chi connectivity index (χ1v) is 18.7. The smallest absolute Gasteiger partial charge is 0.264 e. The third-order valence-corrected chi connectivity index (χ3v) is 11.0. The normalized spacial score (nSPS) is 13.6. The lowest BCUT2D eigenvalue weighted by molar-refractivity contribution is -0.140. The van der Waals surface area contributed by atoms with E-state index < -0.39 is 28.5 Å².